The number of aliphatic hydroxyl groups excluding tert-OH is 1. The number of aromatic nitrogens is 4. The molecule has 0 aliphatic carbocycles. The number of nitrogens with one attached hydrogen (secondary N) is 1. The van der Waals surface area contributed by atoms with E-state index >= 15 is 0 Å². The van der Waals surface area contributed by atoms with Crippen molar-refractivity contribution in [1.29, 1.82) is 0 Å². The third-order valence-corrected chi connectivity index (χ3v) is 6.65. The van der Waals surface area contributed by atoms with E-state index in [0.717, 1.165) is 17.2 Å². The number of hydrogen-bond acceptors (Lipinski definition) is 10. The molecule has 4 rings (SSSR count). The van der Waals surface area contributed by atoms with Crippen LogP contribution in [-0.2, 0) is 26.0 Å². The maximum atomic E-state index is 12.4. The Hall–Kier alpha value is -2.65. The molecule has 1 fully saturated rings. The highest BCUT2D eigenvalue weighted by Crippen LogP contribution is 2.51. The molecule has 2 aromatic heterocycles. The number of benzene rings is 1. The summed E-state index contributed by atoms with van der Waals surface area (Å²) in [5.41, 5.74) is -2.44. The van der Waals surface area contributed by atoms with Crippen molar-refractivity contribution in [3.8, 4) is 0 Å². The van der Waals surface area contributed by atoms with Crippen molar-refractivity contribution >= 4 is 31.6 Å². The molecule has 0 unspecified atom stereocenters. The van der Waals surface area contributed by atoms with Crippen LogP contribution in [0.2, 0.25) is 0 Å². The van der Waals surface area contributed by atoms with E-state index in [-0.39, 0.29) is 17.6 Å². The van der Waals surface area contributed by atoms with Gasteiger partial charge in [0.2, 0.25) is 5.72 Å². The topological polar surface area (TPSA) is 203 Å². The highest BCUT2D eigenvalue weighted by atomic mass is 32.1. The average molecular weight is 499 g/mol. The number of H-pyrrole nitrogens is 1. The largest absolute Gasteiger partial charge is 0.469 e. The summed E-state index contributed by atoms with van der Waals surface area (Å²) in [5, 5.41) is 23.3. The standard InChI is InChI=1S/C17H18N5O9PS/c23-13-11(7-30-32(27,28)29)31-16(17(13,33)22(25)26,6-10-4-2-1-3-5-10)21-9-20-12-14(21)18-8-19-15(12)24/h1-5,8-9,11,13,23,33H,6-7H2,(H,18,19,24)(H2,27,28,29)/t11-,13-,16-,17-/m1/s1. The molecule has 4 atom stereocenters. The van der Waals surface area contributed by atoms with Crippen LogP contribution >= 0.6 is 20.5 Å². The molecule has 1 aromatic carbocycles. The van der Waals surface area contributed by atoms with Gasteiger partial charge in [-0.3, -0.25) is 24.0 Å². The van der Waals surface area contributed by atoms with Gasteiger partial charge in [0.05, 0.1) is 19.3 Å². The molecule has 1 saturated heterocycles. The molecule has 176 valence electrons. The van der Waals surface area contributed by atoms with E-state index in [4.69, 9.17) is 14.5 Å². The lowest BCUT2D eigenvalue weighted by Crippen LogP contribution is -2.59. The molecule has 1 aliphatic heterocycles. The Labute approximate surface area is 190 Å². The van der Waals surface area contributed by atoms with Crippen molar-refractivity contribution in [2.45, 2.75) is 29.2 Å². The van der Waals surface area contributed by atoms with E-state index in [1.54, 1.807) is 30.3 Å². The van der Waals surface area contributed by atoms with Crippen LogP contribution in [0.3, 0.4) is 0 Å². The van der Waals surface area contributed by atoms with Crippen LogP contribution in [-0.4, -0.2) is 63.0 Å². The second-order valence-electron chi connectivity index (χ2n) is 7.34. The molecule has 0 amide bonds. The molecule has 14 nitrogen and oxygen atoms in total. The SMILES string of the molecule is O=c1[nH]cnc2c1ncn2[C@]1(Cc2ccccc2)O[C@H](COP(=O)(O)O)[C@@H](O)[C@]1(S)[N+](=O)[O-]. The number of ether oxygens (including phenoxy) is 1. The quantitative estimate of drug-likeness (QED) is 0.0946. The molecule has 0 spiro atoms. The van der Waals surface area contributed by atoms with Crippen LogP contribution in [0, 0.1) is 10.1 Å². The summed E-state index contributed by atoms with van der Waals surface area (Å²) in [6, 6.07) is 8.41. The lowest BCUT2D eigenvalue weighted by molar-refractivity contribution is -0.569. The van der Waals surface area contributed by atoms with Crippen molar-refractivity contribution in [1.82, 2.24) is 19.5 Å². The van der Waals surface area contributed by atoms with Gasteiger partial charge in [-0.15, -0.1) is 0 Å². The molecule has 1 aliphatic rings. The molecular formula is C17H18N5O9PS. The van der Waals surface area contributed by atoms with Gasteiger partial charge in [0.1, 0.15) is 6.10 Å². The Kier molecular flexibility index (Phi) is 5.90. The number of fused-ring (bicyclic) bond motifs is 1. The second kappa shape index (κ2) is 8.29. The summed E-state index contributed by atoms with van der Waals surface area (Å²) in [7, 11) is -4.99. The van der Waals surface area contributed by atoms with Crippen molar-refractivity contribution in [3.05, 3.63) is 69.0 Å². The number of aliphatic hydroxyl groups is 1. The first kappa shape index (κ1) is 23.5. The Morgan fingerprint density at radius 3 is 2.67 bits per heavy atom. The Bertz CT molecular complexity index is 1300. The molecule has 0 radical (unpaired) electrons. The smallest absolute Gasteiger partial charge is 0.382 e. The maximum Gasteiger partial charge on any atom is 0.469 e. The monoisotopic (exact) mass is 499 g/mol. The lowest BCUT2D eigenvalue weighted by atomic mass is 9.92. The first-order valence-corrected chi connectivity index (χ1v) is 11.4. The summed E-state index contributed by atoms with van der Waals surface area (Å²) >= 11 is 4.26. The summed E-state index contributed by atoms with van der Waals surface area (Å²) < 4.78 is 22.7. The van der Waals surface area contributed by atoms with Gasteiger partial charge in [-0.1, -0.05) is 43.0 Å². The summed E-state index contributed by atoms with van der Waals surface area (Å²) in [4.78, 5) is 49.6. The zero-order valence-electron chi connectivity index (χ0n) is 16.6. The average Bonchev–Trinajstić information content (AvgIpc) is 3.28. The van der Waals surface area contributed by atoms with E-state index in [9.17, 15) is 24.6 Å². The van der Waals surface area contributed by atoms with Crippen molar-refractivity contribution < 1.29 is 33.6 Å². The molecule has 16 heteroatoms. The molecule has 3 heterocycles. The predicted molar refractivity (Wildman–Crippen MR) is 114 cm³/mol. The number of rotatable bonds is 7. The minimum Gasteiger partial charge on any atom is -0.382 e. The fraction of sp³-hybridized carbons (Fsp3) is 0.353. The van der Waals surface area contributed by atoms with Gasteiger partial charge in [-0.05, 0) is 5.56 Å². The number of phosphoric acid groups is 1. The third-order valence-electron chi connectivity index (χ3n) is 5.39. The molecule has 3 aromatic rings. The van der Waals surface area contributed by atoms with Crippen LogP contribution in [0.25, 0.3) is 11.2 Å². The fourth-order valence-corrected chi connectivity index (χ4v) is 4.66. The Morgan fingerprint density at radius 2 is 2.03 bits per heavy atom. The molecule has 33 heavy (non-hydrogen) atoms. The Morgan fingerprint density at radius 1 is 1.33 bits per heavy atom. The van der Waals surface area contributed by atoms with E-state index in [0.29, 0.717) is 5.56 Å². The summed E-state index contributed by atoms with van der Waals surface area (Å²) in [6.45, 7) is -0.876. The van der Waals surface area contributed by atoms with Crippen molar-refractivity contribution in [2.75, 3.05) is 6.61 Å². The third kappa shape index (κ3) is 3.87. The van der Waals surface area contributed by atoms with Gasteiger partial charge in [-0.2, -0.15) is 0 Å². The molecule has 4 N–H and O–H groups in total. The number of nitrogens with zero attached hydrogens (tertiary/aromatic N) is 4. The van der Waals surface area contributed by atoms with Gasteiger partial charge in [0, 0.05) is 11.3 Å². The van der Waals surface area contributed by atoms with Gasteiger partial charge >= 0.3 is 12.7 Å². The highest BCUT2D eigenvalue weighted by Gasteiger charge is 2.74. The molecular weight excluding hydrogens is 481 g/mol. The minimum atomic E-state index is -4.99. The number of imidazole rings is 1. The lowest BCUT2D eigenvalue weighted by Gasteiger charge is -2.36. The van der Waals surface area contributed by atoms with E-state index in [1.165, 1.54) is 0 Å². The zero-order chi connectivity index (χ0) is 24.0. The van der Waals surface area contributed by atoms with Gasteiger partial charge in [-0.25, -0.2) is 14.5 Å². The van der Waals surface area contributed by atoms with Gasteiger partial charge in [0.25, 0.3) is 5.56 Å². The molecule has 0 saturated carbocycles. The van der Waals surface area contributed by atoms with E-state index in [1.807, 2.05) is 0 Å². The summed E-state index contributed by atoms with van der Waals surface area (Å²) in [6.07, 6.45) is -1.65. The normalized spacial score (nSPS) is 27.8. The summed E-state index contributed by atoms with van der Waals surface area (Å²) in [5.74, 6) is 0. The van der Waals surface area contributed by atoms with Gasteiger partial charge in [0.15, 0.2) is 17.3 Å². The number of phosphoric ester groups is 1. The maximum absolute atomic E-state index is 12.4. The van der Waals surface area contributed by atoms with E-state index in [2.05, 4.69) is 32.1 Å². The van der Waals surface area contributed by atoms with Crippen LogP contribution < -0.4 is 5.56 Å². The first-order valence-electron chi connectivity index (χ1n) is 9.37. The van der Waals surface area contributed by atoms with E-state index < -0.39 is 47.7 Å². The van der Waals surface area contributed by atoms with Crippen LogP contribution in [0.15, 0.2) is 47.8 Å². The van der Waals surface area contributed by atoms with Gasteiger partial charge < -0.3 is 24.6 Å². The highest BCUT2D eigenvalue weighted by molar-refractivity contribution is 7.81. The number of thiol groups is 1. The minimum absolute atomic E-state index is 0.0845. The molecule has 0 bridgehead atoms. The van der Waals surface area contributed by atoms with Crippen LogP contribution in [0.4, 0.5) is 0 Å². The van der Waals surface area contributed by atoms with Crippen LogP contribution in [0.5, 0.6) is 0 Å². The number of aromatic amines is 1. The predicted octanol–water partition coefficient (Wildman–Crippen LogP) is -0.213. The Balaban J connectivity index is 1.95. The zero-order valence-corrected chi connectivity index (χ0v) is 18.4. The number of nitro groups is 1. The van der Waals surface area contributed by atoms with Crippen molar-refractivity contribution in [3.63, 3.8) is 0 Å². The van der Waals surface area contributed by atoms with Crippen LogP contribution in [0.1, 0.15) is 5.56 Å². The van der Waals surface area contributed by atoms with Crippen molar-refractivity contribution in [2.24, 2.45) is 0 Å². The number of hydrogen-bond donors (Lipinski definition) is 5. The fourth-order valence-electron chi connectivity index (χ4n) is 3.91. The second-order valence-corrected chi connectivity index (χ2v) is 9.26. The first-order chi connectivity index (χ1) is 15.5.